The van der Waals surface area contributed by atoms with Crippen molar-refractivity contribution in [2.45, 2.75) is 18.2 Å². The molecule has 2 unspecified atom stereocenters. The molecule has 0 fully saturated rings. The van der Waals surface area contributed by atoms with Crippen LogP contribution in [0.15, 0.2) is 35.1 Å². The van der Waals surface area contributed by atoms with Crippen LogP contribution in [0.1, 0.15) is 17.4 Å². The summed E-state index contributed by atoms with van der Waals surface area (Å²) in [6.07, 6.45) is 1.88. The molecule has 0 aliphatic heterocycles. The Bertz CT molecular complexity index is 695. The van der Waals surface area contributed by atoms with E-state index in [1.807, 2.05) is 13.2 Å². The lowest BCUT2D eigenvalue weighted by molar-refractivity contribution is 0.0931. The molecule has 5 nitrogen and oxygen atoms in total. The van der Waals surface area contributed by atoms with Crippen LogP contribution in [0.2, 0.25) is 0 Å². The standard InChI is InChI=1S/C15H18N2O3S/c1-9(14(8-18)21-2)16-15(20)12-7-13(19)10-5-3-4-6-11(10)17-12/h3-7,9,14,18H,8H2,1-2H3,(H,16,20)(H,17,19). The molecule has 1 amide bonds. The number of carbonyl (C=O) groups is 1. The van der Waals surface area contributed by atoms with Crippen molar-refractivity contribution in [2.75, 3.05) is 12.9 Å². The normalized spacial score (nSPS) is 13.9. The summed E-state index contributed by atoms with van der Waals surface area (Å²) in [5.74, 6) is -0.349. The maximum absolute atomic E-state index is 12.2. The van der Waals surface area contributed by atoms with Gasteiger partial charge in [-0.15, -0.1) is 0 Å². The highest BCUT2D eigenvalue weighted by Crippen LogP contribution is 2.11. The Balaban J connectivity index is 2.26. The topological polar surface area (TPSA) is 82.2 Å². The molecule has 2 aromatic rings. The molecule has 1 aromatic heterocycles. The molecular weight excluding hydrogens is 288 g/mol. The van der Waals surface area contributed by atoms with Crippen LogP contribution in [0.5, 0.6) is 0 Å². The first-order valence-electron chi connectivity index (χ1n) is 6.63. The number of hydrogen-bond acceptors (Lipinski definition) is 4. The summed E-state index contributed by atoms with van der Waals surface area (Å²) in [4.78, 5) is 27.2. The van der Waals surface area contributed by atoms with E-state index in [4.69, 9.17) is 0 Å². The van der Waals surface area contributed by atoms with Gasteiger partial charge in [-0.25, -0.2) is 0 Å². The number of rotatable bonds is 5. The van der Waals surface area contributed by atoms with Crippen LogP contribution in [0.4, 0.5) is 0 Å². The third kappa shape index (κ3) is 3.46. The zero-order chi connectivity index (χ0) is 15.4. The van der Waals surface area contributed by atoms with Crippen LogP contribution in [-0.2, 0) is 0 Å². The Morgan fingerprint density at radius 1 is 1.43 bits per heavy atom. The van der Waals surface area contributed by atoms with Gasteiger partial charge in [0.2, 0.25) is 0 Å². The number of amides is 1. The van der Waals surface area contributed by atoms with E-state index in [1.165, 1.54) is 17.8 Å². The van der Waals surface area contributed by atoms with Crippen molar-refractivity contribution in [3.8, 4) is 0 Å². The van der Waals surface area contributed by atoms with Crippen LogP contribution in [0.3, 0.4) is 0 Å². The summed E-state index contributed by atoms with van der Waals surface area (Å²) in [5.41, 5.74) is 0.667. The highest BCUT2D eigenvalue weighted by atomic mass is 32.2. The molecule has 3 N–H and O–H groups in total. The third-order valence-corrected chi connectivity index (χ3v) is 4.54. The van der Waals surface area contributed by atoms with Crippen molar-refractivity contribution in [3.63, 3.8) is 0 Å². The maximum atomic E-state index is 12.2. The molecule has 1 heterocycles. The van der Waals surface area contributed by atoms with Crippen molar-refractivity contribution in [3.05, 3.63) is 46.2 Å². The number of nitrogens with one attached hydrogen (secondary N) is 2. The second kappa shape index (κ2) is 6.78. The SMILES string of the molecule is CSC(CO)C(C)NC(=O)c1cc(=O)c2ccccc2[nH]1. The number of aliphatic hydroxyl groups excluding tert-OH is 1. The number of hydrogen-bond donors (Lipinski definition) is 3. The van der Waals surface area contributed by atoms with Crippen molar-refractivity contribution in [1.82, 2.24) is 10.3 Å². The molecule has 1 aromatic carbocycles. The van der Waals surface area contributed by atoms with Gasteiger partial charge < -0.3 is 15.4 Å². The number of para-hydroxylation sites is 1. The fraction of sp³-hybridized carbons (Fsp3) is 0.333. The van der Waals surface area contributed by atoms with Crippen LogP contribution < -0.4 is 10.7 Å². The molecule has 0 aliphatic carbocycles. The Kier molecular flexibility index (Phi) is 5.03. The van der Waals surface area contributed by atoms with Gasteiger partial charge in [-0.05, 0) is 25.3 Å². The number of pyridine rings is 1. The number of thioether (sulfide) groups is 1. The van der Waals surface area contributed by atoms with E-state index in [9.17, 15) is 14.7 Å². The van der Waals surface area contributed by atoms with Gasteiger partial charge in [0.1, 0.15) is 5.69 Å². The van der Waals surface area contributed by atoms with E-state index in [0.717, 1.165) is 0 Å². The van der Waals surface area contributed by atoms with Crippen molar-refractivity contribution < 1.29 is 9.90 Å². The van der Waals surface area contributed by atoms with Gasteiger partial charge >= 0.3 is 0 Å². The van der Waals surface area contributed by atoms with Gasteiger partial charge in [-0.2, -0.15) is 11.8 Å². The zero-order valence-corrected chi connectivity index (χ0v) is 12.7. The Morgan fingerprint density at radius 3 is 2.81 bits per heavy atom. The lowest BCUT2D eigenvalue weighted by Crippen LogP contribution is -2.41. The Labute approximate surface area is 126 Å². The minimum absolute atomic E-state index is 0.0170. The van der Waals surface area contributed by atoms with E-state index in [0.29, 0.717) is 10.9 Å². The number of aromatic nitrogens is 1. The number of aliphatic hydroxyl groups is 1. The first-order chi connectivity index (χ1) is 10.1. The summed E-state index contributed by atoms with van der Waals surface area (Å²) in [5, 5.41) is 12.5. The van der Waals surface area contributed by atoms with Crippen LogP contribution in [0.25, 0.3) is 10.9 Å². The quantitative estimate of drug-likeness (QED) is 0.779. The molecule has 0 spiro atoms. The zero-order valence-electron chi connectivity index (χ0n) is 11.9. The van der Waals surface area contributed by atoms with Crippen LogP contribution >= 0.6 is 11.8 Å². The van der Waals surface area contributed by atoms with Gasteiger partial charge in [-0.3, -0.25) is 9.59 Å². The predicted octanol–water partition coefficient (Wildman–Crippen LogP) is 1.37. The number of aromatic amines is 1. The second-order valence-electron chi connectivity index (χ2n) is 4.81. The average molecular weight is 306 g/mol. The summed E-state index contributed by atoms with van der Waals surface area (Å²) in [7, 11) is 0. The van der Waals surface area contributed by atoms with Gasteiger partial charge in [0, 0.05) is 28.3 Å². The lowest BCUT2D eigenvalue weighted by Gasteiger charge is -2.21. The molecule has 2 rings (SSSR count). The van der Waals surface area contributed by atoms with E-state index in [1.54, 1.807) is 24.3 Å². The number of benzene rings is 1. The molecule has 0 aliphatic rings. The minimum atomic E-state index is -0.349. The molecule has 6 heteroatoms. The number of carbonyl (C=O) groups excluding carboxylic acids is 1. The summed E-state index contributed by atoms with van der Waals surface area (Å²) in [6.45, 7) is 1.81. The van der Waals surface area contributed by atoms with E-state index in [-0.39, 0.29) is 34.9 Å². The molecule has 2 atom stereocenters. The molecule has 21 heavy (non-hydrogen) atoms. The van der Waals surface area contributed by atoms with Gasteiger partial charge in [0.25, 0.3) is 5.91 Å². The fourth-order valence-electron chi connectivity index (χ4n) is 2.13. The molecule has 112 valence electrons. The van der Waals surface area contributed by atoms with Gasteiger partial charge in [-0.1, -0.05) is 12.1 Å². The largest absolute Gasteiger partial charge is 0.395 e. The Morgan fingerprint density at radius 2 is 2.14 bits per heavy atom. The van der Waals surface area contributed by atoms with E-state index >= 15 is 0 Å². The average Bonchev–Trinajstić information content (AvgIpc) is 2.48. The molecular formula is C15H18N2O3S. The van der Waals surface area contributed by atoms with E-state index in [2.05, 4.69) is 10.3 Å². The predicted molar refractivity (Wildman–Crippen MR) is 85.9 cm³/mol. The highest BCUT2D eigenvalue weighted by Gasteiger charge is 2.19. The van der Waals surface area contributed by atoms with Gasteiger partial charge in [0.05, 0.1) is 6.61 Å². The van der Waals surface area contributed by atoms with Crippen molar-refractivity contribution in [2.24, 2.45) is 0 Å². The van der Waals surface area contributed by atoms with Crippen LogP contribution in [0, 0.1) is 0 Å². The second-order valence-corrected chi connectivity index (χ2v) is 5.89. The summed E-state index contributed by atoms with van der Waals surface area (Å²) in [6, 6.07) is 8.16. The summed E-state index contributed by atoms with van der Waals surface area (Å²) < 4.78 is 0. The van der Waals surface area contributed by atoms with E-state index < -0.39 is 0 Å². The molecule has 0 radical (unpaired) electrons. The minimum Gasteiger partial charge on any atom is -0.395 e. The van der Waals surface area contributed by atoms with Crippen LogP contribution in [-0.4, -0.2) is 40.2 Å². The van der Waals surface area contributed by atoms with Gasteiger partial charge in [0.15, 0.2) is 5.43 Å². The number of H-pyrrole nitrogens is 1. The molecule has 0 saturated heterocycles. The van der Waals surface area contributed by atoms with Crippen molar-refractivity contribution >= 4 is 28.6 Å². The monoisotopic (exact) mass is 306 g/mol. The molecule has 0 bridgehead atoms. The molecule has 0 saturated carbocycles. The number of fused-ring (bicyclic) bond motifs is 1. The lowest BCUT2D eigenvalue weighted by atomic mass is 10.2. The Hall–Kier alpha value is -1.79. The highest BCUT2D eigenvalue weighted by molar-refractivity contribution is 7.99. The first kappa shape index (κ1) is 15.6. The summed E-state index contributed by atoms with van der Waals surface area (Å²) >= 11 is 1.48. The first-order valence-corrected chi connectivity index (χ1v) is 7.92. The third-order valence-electron chi connectivity index (χ3n) is 3.38. The maximum Gasteiger partial charge on any atom is 0.268 e. The van der Waals surface area contributed by atoms with Crippen molar-refractivity contribution in [1.29, 1.82) is 0 Å². The fourth-order valence-corrected chi connectivity index (χ4v) is 2.76. The smallest absolute Gasteiger partial charge is 0.268 e.